The predicted octanol–water partition coefficient (Wildman–Crippen LogP) is 2.69. The van der Waals surface area contributed by atoms with Crippen molar-refractivity contribution in [3.63, 3.8) is 0 Å². The minimum Gasteiger partial charge on any atom is -0.399 e. The zero-order valence-electron chi connectivity index (χ0n) is 10.1. The third kappa shape index (κ3) is 1.81. The largest absolute Gasteiger partial charge is 0.399 e. The highest BCUT2D eigenvalue weighted by atomic mass is 14.7. The molecule has 0 spiro atoms. The lowest BCUT2D eigenvalue weighted by Gasteiger charge is -2.31. The van der Waals surface area contributed by atoms with Crippen molar-refractivity contribution in [1.82, 2.24) is 0 Å². The van der Waals surface area contributed by atoms with Crippen molar-refractivity contribution in [2.24, 2.45) is 5.73 Å². The Hall–Kier alpha value is -2.06. The number of nitrogens with two attached hydrogens (primary N) is 2. The molecule has 0 amide bonds. The fourth-order valence-electron chi connectivity index (χ4n) is 2.49. The zero-order chi connectivity index (χ0) is 12.6. The Labute approximate surface area is 107 Å². The SMILES string of the molecule is Nc1ccc2c(c1)C=CC(N)(c1ccccc1)C2. The Kier molecular flexibility index (Phi) is 2.46. The minimum atomic E-state index is -0.412. The standard InChI is InChI=1S/C16H16N2/c17-15-7-6-13-11-16(18,9-8-12(13)10-15)14-4-2-1-3-5-14/h1-10H,11,17-18H2. The first-order valence-electron chi connectivity index (χ1n) is 6.09. The molecule has 0 aliphatic heterocycles. The van der Waals surface area contributed by atoms with Crippen LogP contribution in [-0.4, -0.2) is 0 Å². The number of anilines is 1. The van der Waals surface area contributed by atoms with Gasteiger partial charge in [0.05, 0.1) is 5.54 Å². The summed E-state index contributed by atoms with van der Waals surface area (Å²) in [4.78, 5) is 0. The Morgan fingerprint density at radius 3 is 2.56 bits per heavy atom. The van der Waals surface area contributed by atoms with E-state index in [1.807, 2.05) is 30.3 Å². The van der Waals surface area contributed by atoms with Crippen molar-refractivity contribution in [3.8, 4) is 0 Å². The van der Waals surface area contributed by atoms with Crippen molar-refractivity contribution in [2.75, 3.05) is 5.73 Å². The van der Waals surface area contributed by atoms with Gasteiger partial charge in [0.15, 0.2) is 0 Å². The van der Waals surface area contributed by atoms with Crippen molar-refractivity contribution in [2.45, 2.75) is 12.0 Å². The molecule has 1 aliphatic carbocycles. The Morgan fingerprint density at radius 1 is 1.00 bits per heavy atom. The summed E-state index contributed by atoms with van der Waals surface area (Å²) in [5, 5.41) is 0. The summed E-state index contributed by atoms with van der Waals surface area (Å²) >= 11 is 0. The zero-order valence-corrected chi connectivity index (χ0v) is 10.1. The molecule has 1 unspecified atom stereocenters. The van der Waals surface area contributed by atoms with E-state index in [1.54, 1.807) is 0 Å². The van der Waals surface area contributed by atoms with Gasteiger partial charge in [0.25, 0.3) is 0 Å². The molecule has 2 aromatic carbocycles. The van der Waals surface area contributed by atoms with E-state index < -0.39 is 5.54 Å². The molecular weight excluding hydrogens is 220 g/mol. The van der Waals surface area contributed by atoms with Crippen LogP contribution in [0.5, 0.6) is 0 Å². The summed E-state index contributed by atoms with van der Waals surface area (Å²) < 4.78 is 0. The van der Waals surface area contributed by atoms with Gasteiger partial charge in [-0.05, 0) is 35.2 Å². The van der Waals surface area contributed by atoms with E-state index in [0.717, 1.165) is 17.7 Å². The van der Waals surface area contributed by atoms with E-state index in [1.165, 1.54) is 11.1 Å². The summed E-state index contributed by atoms with van der Waals surface area (Å²) in [6.45, 7) is 0. The average Bonchev–Trinajstić information content (AvgIpc) is 2.40. The maximum Gasteiger partial charge on any atom is 0.0639 e. The topological polar surface area (TPSA) is 52.0 Å². The molecule has 2 nitrogen and oxygen atoms in total. The van der Waals surface area contributed by atoms with Gasteiger partial charge in [0.2, 0.25) is 0 Å². The van der Waals surface area contributed by atoms with Gasteiger partial charge in [-0.3, -0.25) is 0 Å². The third-order valence-corrected chi connectivity index (χ3v) is 3.52. The summed E-state index contributed by atoms with van der Waals surface area (Å²) in [6, 6.07) is 16.2. The second-order valence-corrected chi connectivity index (χ2v) is 4.87. The quantitative estimate of drug-likeness (QED) is 0.748. The second kappa shape index (κ2) is 4.00. The van der Waals surface area contributed by atoms with Crippen LogP contribution in [0.3, 0.4) is 0 Å². The average molecular weight is 236 g/mol. The molecule has 1 aliphatic rings. The molecule has 0 fully saturated rings. The summed E-state index contributed by atoms with van der Waals surface area (Å²) in [7, 11) is 0. The Balaban J connectivity index is 2.03. The molecule has 90 valence electrons. The molecule has 0 saturated carbocycles. The van der Waals surface area contributed by atoms with Gasteiger partial charge in [-0.25, -0.2) is 0 Å². The van der Waals surface area contributed by atoms with Crippen molar-refractivity contribution in [1.29, 1.82) is 0 Å². The van der Waals surface area contributed by atoms with E-state index in [-0.39, 0.29) is 0 Å². The van der Waals surface area contributed by atoms with Crippen LogP contribution in [-0.2, 0) is 12.0 Å². The van der Waals surface area contributed by atoms with Crippen LogP contribution in [0.15, 0.2) is 54.6 Å². The van der Waals surface area contributed by atoms with Gasteiger partial charge in [-0.1, -0.05) is 48.6 Å². The highest BCUT2D eigenvalue weighted by Gasteiger charge is 2.28. The lowest BCUT2D eigenvalue weighted by Crippen LogP contribution is -2.38. The monoisotopic (exact) mass is 236 g/mol. The van der Waals surface area contributed by atoms with Gasteiger partial charge in [-0.15, -0.1) is 0 Å². The number of benzene rings is 2. The van der Waals surface area contributed by atoms with Gasteiger partial charge in [0, 0.05) is 5.69 Å². The fraction of sp³-hybridized carbons (Fsp3) is 0.125. The predicted molar refractivity (Wildman–Crippen MR) is 75.9 cm³/mol. The normalized spacial score (nSPS) is 21.6. The van der Waals surface area contributed by atoms with Crippen LogP contribution in [0.2, 0.25) is 0 Å². The Morgan fingerprint density at radius 2 is 1.78 bits per heavy atom. The first-order chi connectivity index (χ1) is 8.67. The van der Waals surface area contributed by atoms with Crippen LogP contribution < -0.4 is 11.5 Å². The van der Waals surface area contributed by atoms with Crippen molar-refractivity contribution < 1.29 is 0 Å². The number of nitrogen functional groups attached to an aromatic ring is 1. The van der Waals surface area contributed by atoms with Gasteiger partial charge < -0.3 is 11.5 Å². The van der Waals surface area contributed by atoms with Crippen molar-refractivity contribution in [3.05, 3.63) is 71.3 Å². The lowest BCUT2D eigenvalue weighted by molar-refractivity contribution is 0.554. The lowest BCUT2D eigenvalue weighted by atomic mass is 9.79. The first kappa shape index (κ1) is 11.1. The molecule has 2 heteroatoms. The van der Waals surface area contributed by atoms with Crippen LogP contribution in [0, 0.1) is 0 Å². The Bertz CT molecular complexity index is 602. The molecule has 0 radical (unpaired) electrons. The summed E-state index contributed by atoms with van der Waals surface area (Å²) in [5.41, 5.74) is 16.3. The van der Waals surface area contributed by atoms with Crippen LogP contribution in [0.1, 0.15) is 16.7 Å². The molecule has 0 saturated heterocycles. The molecule has 0 heterocycles. The summed E-state index contributed by atoms with van der Waals surface area (Å²) in [5.74, 6) is 0. The van der Waals surface area contributed by atoms with E-state index in [2.05, 4.69) is 30.4 Å². The number of fused-ring (bicyclic) bond motifs is 1. The van der Waals surface area contributed by atoms with E-state index in [0.29, 0.717) is 0 Å². The highest BCUT2D eigenvalue weighted by molar-refractivity contribution is 5.64. The van der Waals surface area contributed by atoms with Crippen molar-refractivity contribution >= 4 is 11.8 Å². The highest BCUT2D eigenvalue weighted by Crippen LogP contribution is 2.32. The van der Waals surface area contributed by atoms with E-state index in [9.17, 15) is 0 Å². The third-order valence-electron chi connectivity index (χ3n) is 3.52. The molecule has 1 atom stereocenters. The molecule has 18 heavy (non-hydrogen) atoms. The van der Waals surface area contributed by atoms with Crippen LogP contribution in [0.25, 0.3) is 6.08 Å². The second-order valence-electron chi connectivity index (χ2n) is 4.87. The molecule has 0 aromatic heterocycles. The van der Waals surface area contributed by atoms with Gasteiger partial charge in [0.1, 0.15) is 0 Å². The number of hydrogen-bond donors (Lipinski definition) is 2. The van der Waals surface area contributed by atoms with Crippen LogP contribution in [0.4, 0.5) is 5.69 Å². The van der Waals surface area contributed by atoms with Crippen LogP contribution >= 0.6 is 0 Å². The van der Waals surface area contributed by atoms with Gasteiger partial charge >= 0.3 is 0 Å². The summed E-state index contributed by atoms with van der Waals surface area (Å²) in [6.07, 6.45) is 4.95. The molecule has 0 bridgehead atoms. The first-order valence-corrected chi connectivity index (χ1v) is 6.09. The minimum absolute atomic E-state index is 0.412. The maximum atomic E-state index is 6.52. The molecular formula is C16H16N2. The number of hydrogen-bond acceptors (Lipinski definition) is 2. The molecule has 3 rings (SSSR count). The van der Waals surface area contributed by atoms with E-state index >= 15 is 0 Å². The number of rotatable bonds is 1. The maximum absolute atomic E-state index is 6.52. The molecule has 2 aromatic rings. The molecule has 4 N–H and O–H groups in total. The smallest absolute Gasteiger partial charge is 0.0639 e. The fourth-order valence-corrected chi connectivity index (χ4v) is 2.49. The van der Waals surface area contributed by atoms with E-state index in [4.69, 9.17) is 11.5 Å². The van der Waals surface area contributed by atoms with Gasteiger partial charge in [-0.2, -0.15) is 0 Å².